The summed E-state index contributed by atoms with van der Waals surface area (Å²) in [5.41, 5.74) is 1.21. The van der Waals surface area contributed by atoms with E-state index in [4.69, 9.17) is 9.15 Å². The number of nitrogens with zero attached hydrogens (tertiary/aromatic N) is 2. The molecule has 0 radical (unpaired) electrons. The highest BCUT2D eigenvalue weighted by atomic mass is 32.2. The van der Waals surface area contributed by atoms with Gasteiger partial charge in [-0.3, -0.25) is 9.52 Å². The molecule has 1 N–H and O–H groups in total. The van der Waals surface area contributed by atoms with Crippen LogP contribution in [-0.4, -0.2) is 50.2 Å². The normalized spacial score (nSPS) is 18.9. The Morgan fingerprint density at radius 2 is 1.94 bits per heavy atom. The number of hydrogen-bond acceptors (Lipinski definition) is 7. The lowest BCUT2D eigenvalue weighted by molar-refractivity contribution is -0.130. The predicted octanol–water partition coefficient (Wildman–Crippen LogP) is 4.23. The standard InChI is InChI=1S/C23H27N3O5S2/c1-15-10-16(2)13-26(12-15)22(27)14-32-23-24-19-11-17(8-9-21(19)31-23)33(28,29)25-18-6-4-5-7-20(18)30-3/h4-9,11,15-16,25H,10,12-14H2,1-3H3. The fraction of sp³-hybridized carbons (Fsp3) is 0.391. The molecule has 1 saturated heterocycles. The number of amides is 1. The maximum Gasteiger partial charge on any atom is 0.262 e. The number of oxazole rings is 1. The highest BCUT2D eigenvalue weighted by Gasteiger charge is 2.26. The van der Waals surface area contributed by atoms with Gasteiger partial charge in [0.25, 0.3) is 15.2 Å². The molecule has 8 nitrogen and oxygen atoms in total. The third kappa shape index (κ3) is 5.44. The Bertz CT molecular complexity index is 1250. The number of benzene rings is 2. The van der Waals surface area contributed by atoms with Crippen molar-refractivity contribution in [1.82, 2.24) is 9.88 Å². The van der Waals surface area contributed by atoms with Crippen molar-refractivity contribution in [1.29, 1.82) is 0 Å². The van der Waals surface area contributed by atoms with Crippen LogP contribution in [-0.2, 0) is 14.8 Å². The van der Waals surface area contributed by atoms with Crippen LogP contribution in [0.2, 0.25) is 0 Å². The average molecular weight is 490 g/mol. The van der Waals surface area contributed by atoms with Crippen LogP contribution in [0.15, 0.2) is 57.0 Å². The van der Waals surface area contributed by atoms with E-state index in [2.05, 4.69) is 23.6 Å². The van der Waals surface area contributed by atoms with Crippen LogP contribution in [0.3, 0.4) is 0 Å². The summed E-state index contributed by atoms with van der Waals surface area (Å²) in [6.07, 6.45) is 1.14. The lowest BCUT2D eigenvalue weighted by Crippen LogP contribution is -2.43. The van der Waals surface area contributed by atoms with Crippen LogP contribution in [0.1, 0.15) is 20.3 Å². The van der Waals surface area contributed by atoms with Gasteiger partial charge in [-0.15, -0.1) is 0 Å². The van der Waals surface area contributed by atoms with Crippen molar-refractivity contribution in [3.05, 3.63) is 42.5 Å². The zero-order chi connectivity index (χ0) is 23.6. The molecule has 0 saturated carbocycles. The molecule has 1 aliphatic rings. The summed E-state index contributed by atoms with van der Waals surface area (Å²) in [4.78, 5) is 19.0. The second-order valence-corrected chi connectivity index (χ2v) is 11.1. The minimum atomic E-state index is -3.86. The minimum absolute atomic E-state index is 0.0538. The summed E-state index contributed by atoms with van der Waals surface area (Å²) in [5, 5.41) is 0.337. The molecule has 0 aliphatic carbocycles. The van der Waals surface area contributed by atoms with Gasteiger partial charge in [0.05, 0.1) is 23.4 Å². The van der Waals surface area contributed by atoms with E-state index in [0.29, 0.717) is 39.6 Å². The van der Waals surface area contributed by atoms with Crippen molar-refractivity contribution in [3.8, 4) is 5.75 Å². The smallest absolute Gasteiger partial charge is 0.262 e. The fourth-order valence-electron chi connectivity index (χ4n) is 4.13. The van der Waals surface area contributed by atoms with Crippen molar-refractivity contribution >= 4 is 44.5 Å². The van der Waals surface area contributed by atoms with Gasteiger partial charge in [0, 0.05) is 13.1 Å². The molecule has 2 heterocycles. The van der Waals surface area contributed by atoms with Gasteiger partial charge < -0.3 is 14.1 Å². The lowest BCUT2D eigenvalue weighted by Gasteiger charge is -2.34. The first-order valence-corrected chi connectivity index (χ1v) is 13.2. The molecule has 176 valence electrons. The number of likely N-dealkylation sites (tertiary alicyclic amines) is 1. The largest absolute Gasteiger partial charge is 0.495 e. The first kappa shape index (κ1) is 23.4. The van der Waals surface area contributed by atoms with Crippen LogP contribution >= 0.6 is 11.8 Å². The quantitative estimate of drug-likeness (QED) is 0.496. The predicted molar refractivity (Wildman–Crippen MR) is 128 cm³/mol. The summed E-state index contributed by atoms with van der Waals surface area (Å²) in [6.45, 7) is 5.88. The summed E-state index contributed by atoms with van der Waals surface area (Å²) < 4.78 is 39.2. The number of para-hydroxylation sites is 2. The number of thioether (sulfide) groups is 1. The summed E-state index contributed by atoms with van der Waals surface area (Å²) >= 11 is 1.22. The van der Waals surface area contributed by atoms with Gasteiger partial charge in [-0.25, -0.2) is 13.4 Å². The number of methoxy groups -OCH3 is 1. The molecule has 2 atom stereocenters. The topological polar surface area (TPSA) is 102 Å². The van der Waals surface area contributed by atoms with Crippen LogP contribution in [0.25, 0.3) is 11.1 Å². The van der Waals surface area contributed by atoms with Crippen molar-refractivity contribution in [2.75, 3.05) is 30.7 Å². The highest BCUT2D eigenvalue weighted by molar-refractivity contribution is 7.99. The third-order valence-electron chi connectivity index (χ3n) is 5.54. The Kier molecular flexibility index (Phi) is 6.85. The number of piperidine rings is 1. The number of ether oxygens (including phenoxy) is 1. The number of fused-ring (bicyclic) bond motifs is 1. The van der Waals surface area contributed by atoms with Crippen LogP contribution in [0.5, 0.6) is 5.75 Å². The molecule has 2 unspecified atom stereocenters. The zero-order valence-electron chi connectivity index (χ0n) is 18.8. The molecule has 1 aromatic heterocycles. The number of sulfonamides is 1. The van der Waals surface area contributed by atoms with Crippen LogP contribution in [0, 0.1) is 11.8 Å². The van der Waals surface area contributed by atoms with Crippen molar-refractivity contribution in [2.45, 2.75) is 30.4 Å². The zero-order valence-corrected chi connectivity index (χ0v) is 20.4. The van der Waals surface area contributed by atoms with E-state index in [1.165, 1.54) is 31.0 Å². The van der Waals surface area contributed by atoms with E-state index in [0.717, 1.165) is 19.5 Å². The number of carbonyl (C=O) groups is 1. The number of nitrogens with one attached hydrogen (secondary N) is 1. The molecule has 1 aliphatic heterocycles. The first-order valence-electron chi connectivity index (χ1n) is 10.7. The Morgan fingerprint density at radius 3 is 2.67 bits per heavy atom. The number of rotatable bonds is 7. The fourth-order valence-corrected chi connectivity index (χ4v) is 5.96. The molecule has 33 heavy (non-hydrogen) atoms. The molecule has 10 heteroatoms. The number of hydrogen-bond donors (Lipinski definition) is 1. The average Bonchev–Trinajstić information content (AvgIpc) is 3.19. The molecule has 1 amide bonds. The van der Waals surface area contributed by atoms with Crippen LogP contribution < -0.4 is 9.46 Å². The molecule has 0 spiro atoms. The van der Waals surface area contributed by atoms with Crippen molar-refractivity contribution in [2.24, 2.45) is 11.8 Å². The van der Waals surface area contributed by atoms with E-state index in [-0.39, 0.29) is 16.6 Å². The van der Waals surface area contributed by atoms with Gasteiger partial charge in [-0.05, 0) is 48.6 Å². The molecule has 4 rings (SSSR count). The molecule has 1 fully saturated rings. The van der Waals surface area contributed by atoms with E-state index >= 15 is 0 Å². The summed E-state index contributed by atoms with van der Waals surface area (Å²) in [6, 6.07) is 11.3. The Balaban J connectivity index is 1.46. The Hall–Kier alpha value is -2.72. The van der Waals surface area contributed by atoms with Crippen LogP contribution in [0.4, 0.5) is 5.69 Å². The summed E-state index contributed by atoms with van der Waals surface area (Å²) in [7, 11) is -2.38. The van der Waals surface area contributed by atoms with Gasteiger partial charge in [0.1, 0.15) is 11.3 Å². The second kappa shape index (κ2) is 9.64. The molecular formula is C23H27N3O5S2. The van der Waals surface area contributed by atoms with E-state index in [9.17, 15) is 13.2 Å². The highest BCUT2D eigenvalue weighted by Crippen LogP contribution is 2.29. The summed E-state index contributed by atoms with van der Waals surface area (Å²) in [5.74, 6) is 1.70. The number of anilines is 1. The van der Waals surface area contributed by atoms with Gasteiger partial charge in [-0.2, -0.15) is 0 Å². The minimum Gasteiger partial charge on any atom is -0.495 e. The monoisotopic (exact) mass is 489 g/mol. The van der Waals surface area contributed by atoms with E-state index in [1.54, 1.807) is 30.3 Å². The van der Waals surface area contributed by atoms with Gasteiger partial charge in [-0.1, -0.05) is 37.7 Å². The lowest BCUT2D eigenvalue weighted by atomic mass is 9.92. The molecular weight excluding hydrogens is 462 g/mol. The second-order valence-electron chi connectivity index (χ2n) is 8.45. The van der Waals surface area contributed by atoms with E-state index < -0.39 is 10.0 Å². The van der Waals surface area contributed by atoms with Gasteiger partial charge in [0.15, 0.2) is 5.58 Å². The maximum absolute atomic E-state index is 12.9. The first-order chi connectivity index (χ1) is 15.7. The maximum atomic E-state index is 12.9. The van der Waals surface area contributed by atoms with Crippen molar-refractivity contribution < 1.29 is 22.4 Å². The van der Waals surface area contributed by atoms with Crippen molar-refractivity contribution in [3.63, 3.8) is 0 Å². The van der Waals surface area contributed by atoms with E-state index in [1.807, 2.05) is 4.90 Å². The third-order valence-corrected chi connectivity index (χ3v) is 7.72. The molecule has 2 aromatic carbocycles. The van der Waals surface area contributed by atoms with Gasteiger partial charge in [0.2, 0.25) is 5.91 Å². The molecule has 3 aromatic rings. The molecule has 0 bridgehead atoms. The SMILES string of the molecule is COc1ccccc1NS(=O)(=O)c1ccc2oc(SCC(=O)N3CC(C)CC(C)C3)nc2c1. The van der Waals surface area contributed by atoms with Gasteiger partial charge >= 0.3 is 0 Å². The number of carbonyl (C=O) groups excluding carboxylic acids is 1. The Labute approximate surface area is 197 Å². The Morgan fingerprint density at radius 1 is 1.21 bits per heavy atom. The number of aromatic nitrogens is 1.